The van der Waals surface area contributed by atoms with Crippen LogP contribution in [0.2, 0.25) is 0 Å². The zero-order chi connectivity index (χ0) is 11.1. The molecule has 3 aliphatic rings. The monoisotopic (exact) mass is 224 g/mol. The summed E-state index contributed by atoms with van der Waals surface area (Å²) in [4.78, 5) is 2.42. The van der Waals surface area contributed by atoms with Gasteiger partial charge in [0.05, 0.1) is 0 Å². The van der Waals surface area contributed by atoms with E-state index in [0.29, 0.717) is 6.04 Å². The number of hydrogen-bond donors (Lipinski definition) is 1. The third-order valence-corrected chi connectivity index (χ3v) is 4.54. The van der Waals surface area contributed by atoms with Gasteiger partial charge in [-0.25, -0.2) is 10.0 Å². The predicted octanol–water partition coefficient (Wildman–Crippen LogP) is 0.103. The van der Waals surface area contributed by atoms with Crippen molar-refractivity contribution >= 4 is 0 Å². The van der Waals surface area contributed by atoms with Gasteiger partial charge < -0.3 is 10.6 Å². The van der Waals surface area contributed by atoms with E-state index in [4.69, 9.17) is 5.73 Å². The van der Waals surface area contributed by atoms with E-state index in [9.17, 15) is 0 Å². The van der Waals surface area contributed by atoms with Crippen LogP contribution < -0.4 is 5.73 Å². The van der Waals surface area contributed by atoms with E-state index in [1.807, 2.05) is 0 Å². The maximum Gasteiger partial charge on any atom is 0.0264 e. The van der Waals surface area contributed by atoms with Crippen molar-refractivity contribution in [3.05, 3.63) is 0 Å². The molecule has 3 fully saturated rings. The highest BCUT2D eigenvalue weighted by molar-refractivity contribution is 4.96. The van der Waals surface area contributed by atoms with Crippen molar-refractivity contribution in [2.24, 2.45) is 5.73 Å². The van der Waals surface area contributed by atoms with Gasteiger partial charge in [-0.3, -0.25) is 0 Å². The summed E-state index contributed by atoms with van der Waals surface area (Å²) in [5.41, 5.74) is 6.12. The average molecular weight is 224 g/mol. The highest BCUT2D eigenvalue weighted by Gasteiger charge is 2.42. The van der Waals surface area contributed by atoms with E-state index >= 15 is 0 Å². The van der Waals surface area contributed by atoms with E-state index in [1.54, 1.807) is 0 Å². The van der Waals surface area contributed by atoms with E-state index in [0.717, 1.165) is 12.1 Å². The van der Waals surface area contributed by atoms with Crippen LogP contribution in [0.1, 0.15) is 25.7 Å². The summed E-state index contributed by atoms with van der Waals surface area (Å²) in [7, 11) is 2.22. The fraction of sp³-hybridized carbons (Fsp3) is 1.00. The number of rotatable bonds is 1. The zero-order valence-electron chi connectivity index (χ0n) is 10.3. The standard InChI is InChI=1S/C12H24N4/c1-14-4-6-15(7-5-14)16-11-2-3-12(16)9-10(13)8-11/h10-12H,2-9,13H2,1H3. The molecule has 4 heteroatoms. The summed E-state index contributed by atoms with van der Waals surface area (Å²) >= 11 is 0. The minimum Gasteiger partial charge on any atom is -0.328 e. The van der Waals surface area contributed by atoms with Gasteiger partial charge in [0, 0.05) is 44.3 Å². The quantitative estimate of drug-likeness (QED) is 0.685. The van der Waals surface area contributed by atoms with E-state index < -0.39 is 0 Å². The van der Waals surface area contributed by atoms with Crippen LogP contribution in [-0.2, 0) is 0 Å². The molecule has 0 saturated carbocycles. The lowest BCUT2D eigenvalue weighted by Gasteiger charge is -2.47. The Morgan fingerprint density at radius 2 is 1.50 bits per heavy atom. The number of nitrogens with two attached hydrogens (primary N) is 1. The number of fused-ring (bicyclic) bond motifs is 2. The van der Waals surface area contributed by atoms with Crippen LogP contribution in [0.25, 0.3) is 0 Å². The maximum atomic E-state index is 6.12. The number of hydrazine groups is 1. The smallest absolute Gasteiger partial charge is 0.0264 e. The summed E-state index contributed by atoms with van der Waals surface area (Å²) in [6, 6.07) is 1.95. The highest BCUT2D eigenvalue weighted by Crippen LogP contribution is 2.36. The Labute approximate surface area is 98.3 Å². The van der Waals surface area contributed by atoms with Crippen molar-refractivity contribution in [2.75, 3.05) is 33.2 Å². The largest absolute Gasteiger partial charge is 0.328 e. The molecule has 0 spiro atoms. The van der Waals surface area contributed by atoms with E-state index in [1.165, 1.54) is 51.9 Å². The van der Waals surface area contributed by atoms with Crippen molar-refractivity contribution in [1.29, 1.82) is 0 Å². The van der Waals surface area contributed by atoms with Crippen LogP contribution in [-0.4, -0.2) is 66.3 Å². The second kappa shape index (κ2) is 4.26. The molecule has 16 heavy (non-hydrogen) atoms. The van der Waals surface area contributed by atoms with Crippen LogP contribution in [0, 0.1) is 0 Å². The Kier molecular flexibility index (Phi) is 2.92. The summed E-state index contributed by atoms with van der Waals surface area (Å²) in [6.45, 7) is 4.83. The fourth-order valence-corrected chi connectivity index (χ4v) is 3.68. The van der Waals surface area contributed by atoms with Gasteiger partial charge in [-0.05, 0) is 32.7 Å². The first-order valence-electron chi connectivity index (χ1n) is 6.71. The molecule has 3 heterocycles. The van der Waals surface area contributed by atoms with Gasteiger partial charge in [0.25, 0.3) is 0 Å². The van der Waals surface area contributed by atoms with Crippen molar-refractivity contribution in [1.82, 2.24) is 14.9 Å². The number of likely N-dealkylation sites (N-methyl/N-ethyl adjacent to an activating group) is 1. The molecule has 4 nitrogen and oxygen atoms in total. The molecule has 0 aromatic rings. The summed E-state index contributed by atoms with van der Waals surface area (Å²) in [6.07, 6.45) is 5.15. The first-order valence-corrected chi connectivity index (χ1v) is 6.71. The lowest BCUT2D eigenvalue weighted by molar-refractivity contribution is -0.107. The maximum absolute atomic E-state index is 6.12. The van der Waals surface area contributed by atoms with Crippen molar-refractivity contribution in [3.8, 4) is 0 Å². The van der Waals surface area contributed by atoms with Gasteiger partial charge in [0.15, 0.2) is 0 Å². The first kappa shape index (κ1) is 11.0. The summed E-state index contributed by atoms with van der Waals surface area (Å²) in [5, 5.41) is 5.30. The summed E-state index contributed by atoms with van der Waals surface area (Å²) in [5.74, 6) is 0. The number of piperazine rings is 1. The number of piperidine rings is 1. The van der Waals surface area contributed by atoms with Crippen LogP contribution in [0.5, 0.6) is 0 Å². The van der Waals surface area contributed by atoms with Crippen LogP contribution >= 0.6 is 0 Å². The molecule has 0 amide bonds. The summed E-state index contributed by atoms with van der Waals surface area (Å²) < 4.78 is 0. The minimum absolute atomic E-state index is 0.459. The Morgan fingerprint density at radius 1 is 0.938 bits per heavy atom. The first-order chi connectivity index (χ1) is 7.74. The second-order valence-electron chi connectivity index (χ2n) is 5.75. The Bertz CT molecular complexity index is 235. The second-order valence-corrected chi connectivity index (χ2v) is 5.75. The van der Waals surface area contributed by atoms with Crippen LogP contribution in [0.4, 0.5) is 0 Å². The molecule has 2 unspecified atom stereocenters. The molecule has 2 N–H and O–H groups in total. The third kappa shape index (κ3) is 1.88. The minimum atomic E-state index is 0.459. The van der Waals surface area contributed by atoms with Gasteiger partial charge in [-0.1, -0.05) is 0 Å². The Balaban J connectivity index is 1.67. The van der Waals surface area contributed by atoms with Crippen molar-refractivity contribution < 1.29 is 0 Å². The number of nitrogens with zero attached hydrogens (tertiary/aromatic N) is 3. The molecule has 0 aromatic carbocycles. The molecule has 2 bridgehead atoms. The van der Waals surface area contributed by atoms with E-state index in [2.05, 4.69) is 22.0 Å². The predicted molar refractivity (Wildman–Crippen MR) is 64.9 cm³/mol. The molecule has 3 aliphatic heterocycles. The molecular formula is C12H24N4. The topological polar surface area (TPSA) is 35.7 Å². The molecule has 3 saturated heterocycles. The Morgan fingerprint density at radius 3 is 2.06 bits per heavy atom. The molecule has 0 aliphatic carbocycles. The molecular weight excluding hydrogens is 200 g/mol. The molecule has 0 radical (unpaired) electrons. The lowest BCUT2D eigenvalue weighted by Crippen LogP contribution is -2.60. The van der Waals surface area contributed by atoms with Crippen LogP contribution in [0.15, 0.2) is 0 Å². The van der Waals surface area contributed by atoms with Gasteiger partial charge in [0.1, 0.15) is 0 Å². The molecule has 92 valence electrons. The van der Waals surface area contributed by atoms with E-state index in [-0.39, 0.29) is 0 Å². The molecule has 2 atom stereocenters. The fourth-order valence-electron chi connectivity index (χ4n) is 3.68. The van der Waals surface area contributed by atoms with Gasteiger partial charge in [-0.15, -0.1) is 0 Å². The number of hydrogen-bond acceptors (Lipinski definition) is 4. The molecule has 3 rings (SSSR count). The van der Waals surface area contributed by atoms with Crippen LogP contribution in [0.3, 0.4) is 0 Å². The zero-order valence-corrected chi connectivity index (χ0v) is 10.3. The average Bonchev–Trinajstić information content (AvgIpc) is 2.54. The Hall–Kier alpha value is -0.160. The third-order valence-electron chi connectivity index (χ3n) is 4.54. The van der Waals surface area contributed by atoms with Crippen molar-refractivity contribution in [3.63, 3.8) is 0 Å². The molecule has 0 aromatic heterocycles. The SMILES string of the molecule is CN1CCN(N2C3CCC2CC(N)C3)CC1. The highest BCUT2D eigenvalue weighted by atomic mass is 15.7. The lowest BCUT2D eigenvalue weighted by atomic mass is 10.00. The van der Waals surface area contributed by atoms with Gasteiger partial charge >= 0.3 is 0 Å². The van der Waals surface area contributed by atoms with Gasteiger partial charge in [-0.2, -0.15) is 0 Å². The van der Waals surface area contributed by atoms with Gasteiger partial charge in [0.2, 0.25) is 0 Å². The van der Waals surface area contributed by atoms with Crippen molar-refractivity contribution in [2.45, 2.75) is 43.8 Å². The normalized spacial score (nSPS) is 42.8.